The molecule has 1 atom stereocenters. The summed E-state index contributed by atoms with van der Waals surface area (Å²) in [6, 6.07) is 27.3. The maximum absolute atomic E-state index is 13.4. The van der Waals surface area contributed by atoms with Crippen LogP contribution in [-0.2, 0) is 32.0 Å². The highest BCUT2D eigenvalue weighted by atomic mass is 32.2. The molecule has 0 bridgehead atoms. The van der Waals surface area contributed by atoms with Gasteiger partial charge in [-0.3, -0.25) is 14.3 Å². The fraction of sp³-hybridized carbons (Fsp3) is 0.298. The fourth-order valence-corrected chi connectivity index (χ4v) is 9.41. The standard InChI is InChI=1S/C30H34N6O2S.C27H31N7O4S/c1-19-6-9-21(29(37)33-24-15-23(30(2,3)4)11-12-27(24)39(5)38)14-26(19)36-18-25(34-35-36)22-10-13-28(32-17-22)31-16-20-7-8-20;1-16-7-8-17(11-23(16)34-15-22(31-33-34)18-9-10-24(28)29-14-18)26(35)30-20-12-19(27(2,3)4)13-21(25(20)38-5)32-39(6,36)37/h6,9-15,17-18,20H,7-8,16H2,1-5H3,(H,31,32)(H,33,37);7-15,32H,1-6H3,(H2,28,29)(H,30,35). The molecule has 1 saturated carbocycles. The van der Waals surface area contributed by atoms with Crippen molar-refractivity contribution in [3.63, 3.8) is 0 Å². The number of nitrogens with two attached hydrogens (primary N) is 1. The number of aryl methyl sites for hydroxylation is 2. The molecule has 406 valence electrons. The number of amides is 2. The van der Waals surface area contributed by atoms with Gasteiger partial charge in [0.25, 0.3) is 11.8 Å². The molecule has 6 N–H and O–H groups in total. The lowest BCUT2D eigenvalue weighted by Crippen LogP contribution is -2.18. The first-order valence-corrected chi connectivity index (χ1v) is 28.6. The summed E-state index contributed by atoms with van der Waals surface area (Å²) >= 11 is -1.25. The third kappa shape index (κ3) is 13.9. The lowest BCUT2D eigenvalue weighted by Gasteiger charge is -2.24. The smallest absolute Gasteiger partial charge is 0.255 e. The van der Waals surface area contributed by atoms with Crippen LogP contribution in [0, 0.1) is 19.8 Å². The highest BCUT2D eigenvalue weighted by molar-refractivity contribution is 7.92. The van der Waals surface area contributed by atoms with Crippen molar-refractivity contribution in [1.82, 2.24) is 40.0 Å². The minimum atomic E-state index is -3.60. The number of sulfonamides is 1. The SMILES string of the molecule is COc1c(NC(=O)c2ccc(C)c(-n3cc(-c4ccc(N)nc4)nn3)c2)cc(C(C)(C)C)cc1NS(C)(=O)=O.Cc1ccc(C(=O)Nc2cc(C(C)(C)C)ccc2[S+](C)[O-])cc1-n1cc(-c2ccc(NCC3CC3)nc2)nn1. The van der Waals surface area contributed by atoms with Crippen molar-refractivity contribution < 1.29 is 27.3 Å². The second kappa shape index (κ2) is 22.8. The third-order valence-corrected chi connectivity index (χ3v) is 14.5. The van der Waals surface area contributed by atoms with Crippen molar-refractivity contribution in [3.05, 3.63) is 149 Å². The Hall–Kier alpha value is -8.14. The summed E-state index contributed by atoms with van der Waals surface area (Å²) in [7, 11) is -2.18. The summed E-state index contributed by atoms with van der Waals surface area (Å²) in [6.07, 6.45) is 12.2. The molecule has 9 rings (SSSR count). The molecule has 19 nitrogen and oxygen atoms in total. The van der Waals surface area contributed by atoms with Gasteiger partial charge < -0.3 is 31.0 Å². The number of carbonyl (C=O) groups excluding carboxylic acids is 2. The lowest BCUT2D eigenvalue weighted by molar-refractivity contribution is 0.101. The van der Waals surface area contributed by atoms with Gasteiger partial charge in [0, 0.05) is 41.2 Å². The number of hydrogen-bond donors (Lipinski definition) is 5. The molecular formula is C57H65N13O6S2. The van der Waals surface area contributed by atoms with Crippen molar-refractivity contribution in [2.45, 2.75) is 84.0 Å². The molecule has 1 aliphatic carbocycles. The molecule has 21 heteroatoms. The first-order chi connectivity index (χ1) is 36.8. The number of nitrogens with zero attached hydrogens (tertiary/aromatic N) is 8. The van der Waals surface area contributed by atoms with Gasteiger partial charge >= 0.3 is 0 Å². The number of nitrogen functional groups attached to an aromatic ring is 1. The summed E-state index contributed by atoms with van der Waals surface area (Å²) in [5, 5.41) is 26.4. The number of nitrogens with one attached hydrogen (secondary N) is 4. The Kier molecular flexibility index (Phi) is 16.4. The molecule has 0 spiro atoms. The maximum atomic E-state index is 13.4. The van der Waals surface area contributed by atoms with Crippen molar-refractivity contribution in [2.75, 3.05) is 52.6 Å². The molecule has 1 fully saturated rings. The average molecular weight is 1090 g/mol. The predicted molar refractivity (Wildman–Crippen MR) is 308 cm³/mol. The fourth-order valence-electron chi connectivity index (χ4n) is 8.18. The van der Waals surface area contributed by atoms with E-state index in [2.05, 4.69) is 72.0 Å². The maximum Gasteiger partial charge on any atom is 0.255 e. The first kappa shape index (κ1) is 56.1. The molecule has 8 aromatic rings. The van der Waals surface area contributed by atoms with E-state index >= 15 is 0 Å². The Bertz CT molecular complexity index is 3600. The number of methoxy groups -OCH3 is 1. The number of aromatic nitrogens is 8. The second-order valence-corrected chi connectivity index (χ2v) is 24.5. The Morgan fingerprint density at radius 1 is 0.718 bits per heavy atom. The van der Waals surface area contributed by atoms with Gasteiger partial charge in [-0.15, -0.1) is 10.2 Å². The number of pyridine rings is 2. The van der Waals surface area contributed by atoms with E-state index in [1.165, 1.54) is 20.0 Å². The second-order valence-electron chi connectivity index (χ2n) is 21.4. The molecule has 1 aliphatic rings. The van der Waals surface area contributed by atoms with E-state index in [0.29, 0.717) is 50.3 Å². The first-order valence-electron chi connectivity index (χ1n) is 25.1. The normalized spacial score (nSPS) is 13.0. The van der Waals surface area contributed by atoms with Gasteiger partial charge in [0.1, 0.15) is 29.3 Å². The van der Waals surface area contributed by atoms with Gasteiger partial charge in [-0.05, 0) is 150 Å². The Morgan fingerprint density at radius 2 is 1.24 bits per heavy atom. The number of hydrogen-bond acceptors (Lipinski definition) is 14. The van der Waals surface area contributed by atoms with Crippen LogP contribution in [0.15, 0.2) is 121 Å². The van der Waals surface area contributed by atoms with E-state index in [1.807, 2.05) is 83.3 Å². The summed E-state index contributed by atoms with van der Waals surface area (Å²) in [4.78, 5) is 35.9. The largest absolute Gasteiger partial charge is 0.612 e. The van der Waals surface area contributed by atoms with Crippen LogP contribution in [0.2, 0.25) is 0 Å². The number of carbonyl (C=O) groups is 2. The topological polar surface area (TPSA) is 262 Å². The zero-order chi connectivity index (χ0) is 56.3. The minimum absolute atomic E-state index is 0.113. The molecule has 1 unspecified atom stereocenters. The van der Waals surface area contributed by atoms with Gasteiger partial charge in [-0.2, -0.15) is 0 Å². The summed E-state index contributed by atoms with van der Waals surface area (Å²) in [5.74, 6) is 1.55. The molecule has 4 aromatic carbocycles. The van der Waals surface area contributed by atoms with Crippen LogP contribution in [0.25, 0.3) is 33.9 Å². The zero-order valence-corrected chi connectivity index (χ0v) is 47.2. The van der Waals surface area contributed by atoms with Gasteiger partial charge in [-0.1, -0.05) is 70.2 Å². The highest BCUT2D eigenvalue weighted by Gasteiger charge is 2.25. The number of anilines is 5. The van der Waals surface area contributed by atoms with E-state index in [0.717, 1.165) is 63.6 Å². The van der Waals surface area contributed by atoms with Crippen molar-refractivity contribution in [3.8, 4) is 39.6 Å². The summed E-state index contributed by atoms with van der Waals surface area (Å²) < 4.78 is 47.7. The molecule has 0 saturated heterocycles. The monoisotopic (exact) mass is 1090 g/mol. The van der Waals surface area contributed by atoms with Crippen LogP contribution < -0.4 is 31.1 Å². The molecule has 0 radical (unpaired) electrons. The van der Waals surface area contributed by atoms with Crippen LogP contribution in [-0.4, -0.2) is 90.9 Å². The molecular weight excluding hydrogens is 1030 g/mol. The van der Waals surface area contributed by atoms with Crippen LogP contribution in [0.4, 0.5) is 28.7 Å². The Morgan fingerprint density at radius 3 is 1.72 bits per heavy atom. The van der Waals surface area contributed by atoms with E-state index in [4.69, 9.17) is 10.5 Å². The van der Waals surface area contributed by atoms with Crippen LogP contribution in [0.3, 0.4) is 0 Å². The average Bonchev–Trinajstić information content (AvgIpc) is 3.85. The number of benzene rings is 4. The van der Waals surface area contributed by atoms with Gasteiger partial charge in [0.15, 0.2) is 10.6 Å². The predicted octanol–water partition coefficient (Wildman–Crippen LogP) is 9.90. The van der Waals surface area contributed by atoms with Crippen LogP contribution in [0.1, 0.15) is 97.4 Å². The van der Waals surface area contributed by atoms with Gasteiger partial charge in [0.05, 0.1) is 54.2 Å². The number of ether oxygens (including phenoxy) is 1. The van der Waals surface area contributed by atoms with Crippen molar-refractivity contribution >= 4 is 61.7 Å². The third-order valence-electron chi connectivity index (χ3n) is 12.9. The van der Waals surface area contributed by atoms with E-state index in [-0.39, 0.29) is 28.2 Å². The van der Waals surface area contributed by atoms with Crippen molar-refractivity contribution in [1.29, 1.82) is 0 Å². The van der Waals surface area contributed by atoms with E-state index < -0.39 is 27.1 Å². The van der Waals surface area contributed by atoms with E-state index in [1.54, 1.807) is 82.7 Å². The van der Waals surface area contributed by atoms with Gasteiger partial charge in [0.2, 0.25) is 10.0 Å². The lowest BCUT2D eigenvalue weighted by atomic mass is 9.86. The quantitative estimate of drug-likeness (QED) is 0.0599. The molecule has 4 aromatic heterocycles. The molecule has 78 heavy (non-hydrogen) atoms. The van der Waals surface area contributed by atoms with Gasteiger partial charge in [-0.25, -0.2) is 27.7 Å². The van der Waals surface area contributed by atoms with Crippen molar-refractivity contribution in [2.24, 2.45) is 5.92 Å². The molecule has 2 amide bonds. The highest BCUT2D eigenvalue weighted by Crippen LogP contribution is 2.40. The Labute approximate surface area is 458 Å². The van der Waals surface area contributed by atoms with Crippen LogP contribution >= 0.6 is 0 Å². The zero-order valence-electron chi connectivity index (χ0n) is 45.6. The molecule has 4 heterocycles. The van der Waals surface area contributed by atoms with Crippen LogP contribution in [0.5, 0.6) is 5.75 Å². The molecule has 0 aliphatic heterocycles. The summed E-state index contributed by atoms with van der Waals surface area (Å²) in [5.41, 5.74) is 15.2. The Balaban J connectivity index is 0.000000206. The van der Waals surface area contributed by atoms with E-state index in [9.17, 15) is 22.6 Å². The summed E-state index contributed by atoms with van der Waals surface area (Å²) in [6.45, 7) is 17.1. The number of rotatable bonds is 15. The minimum Gasteiger partial charge on any atom is -0.612 e.